The number of aromatic amines is 2. The Balaban J connectivity index is 1.10. The van der Waals surface area contributed by atoms with E-state index in [0.717, 1.165) is 38.5 Å². The smallest absolute Gasteiger partial charge is 0.410 e. The van der Waals surface area contributed by atoms with Crippen molar-refractivity contribution < 1.29 is 14.1 Å². The number of para-hydroxylation sites is 1. The van der Waals surface area contributed by atoms with Crippen LogP contribution in [0.1, 0.15) is 47.4 Å². The molecule has 5 heterocycles. The fourth-order valence-corrected chi connectivity index (χ4v) is 5.84. The van der Waals surface area contributed by atoms with Crippen LogP contribution in [0.15, 0.2) is 82.5 Å². The Morgan fingerprint density at radius 3 is 2.79 bits per heavy atom. The zero-order chi connectivity index (χ0) is 29.3. The maximum atomic E-state index is 13.5. The summed E-state index contributed by atoms with van der Waals surface area (Å²) in [5, 5.41) is 13.2. The topological polar surface area (TPSA) is 143 Å². The number of hydrogen-bond acceptors (Lipinski definition) is 8. The van der Waals surface area contributed by atoms with Gasteiger partial charge in [-0.1, -0.05) is 29.4 Å². The zero-order valence-electron chi connectivity index (χ0n) is 23.5. The summed E-state index contributed by atoms with van der Waals surface area (Å²) in [5.41, 5.74) is 5.13. The van der Waals surface area contributed by atoms with E-state index in [4.69, 9.17) is 9.26 Å². The molecule has 1 saturated heterocycles. The Labute approximate surface area is 245 Å². The number of piperidine rings is 1. The van der Waals surface area contributed by atoms with E-state index >= 15 is 0 Å². The van der Waals surface area contributed by atoms with Gasteiger partial charge in [0.1, 0.15) is 0 Å². The summed E-state index contributed by atoms with van der Waals surface area (Å²) < 4.78 is 11.7. The lowest BCUT2D eigenvalue weighted by Crippen LogP contribution is -2.39. The number of aromatic nitrogens is 6. The van der Waals surface area contributed by atoms with Crippen LogP contribution >= 0.6 is 0 Å². The third-order valence-corrected chi connectivity index (χ3v) is 8.08. The van der Waals surface area contributed by atoms with Crippen molar-refractivity contribution >= 4 is 27.9 Å². The molecule has 1 aliphatic heterocycles. The van der Waals surface area contributed by atoms with Crippen molar-refractivity contribution in [1.29, 1.82) is 0 Å². The number of pyridine rings is 2. The zero-order valence-corrected chi connectivity index (χ0v) is 23.5. The number of ether oxygens (including phenoxy) is 1. The Morgan fingerprint density at radius 2 is 1.95 bits per heavy atom. The summed E-state index contributed by atoms with van der Waals surface area (Å²) in [6, 6.07) is 17.4. The number of carbonyl (C=O) groups is 1. The third-order valence-electron chi connectivity index (χ3n) is 8.08. The van der Waals surface area contributed by atoms with Gasteiger partial charge in [-0.2, -0.15) is 10.1 Å². The molecule has 2 aromatic carbocycles. The molecular formula is C32H29N7O4. The van der Waals surface area contributed by atoms with Gasteiger partial charge in [0.15, 0.2) is 6.10 Å². The molecular weight excluding hydrogens is 546 g/mol. The Kier molecular flexibility index (Phi) is 6.90. The van der Waals surface area contributed by atoms with E-state index in [1.54, 1.807) is 29.6 Å². The highest BCUT2D eigenvalue weighted by atomic mass is 16.6. The summed E-state index contributed by atoms with van der Waals surface area (Å²) >= 11 is 0. The highest BCUT2D eigenvalue weighted by Gasteiger charge is 2.31. The van der Waals surface area contributed by atoms with Gasteiger partial charge >= 0.3 is 6.09 Å². The molecule has 4 aromatic heterocycles. The minimum Gasteiger partial charge on any atom is -0.436 e. The summed E-state index contributed by atoms with van der Waals surface area (Å²) in [5.74, 6) is 0.623. The highest BCUT2D eigenvalue weighted by Crippen LogP contribution is 2.30. The van der Waals surface area contributed by atoms with Crippen molar-refractivity contribution in [3.05, 3.63) is 106 Å². The van der Waals surface area contributed by atoms with Crippen LogP contribution in [0, 0.1) is 6.92 Å². The predicted molar refractivity (Wildman–Crippen MR) is 159 cm³/mol. The predicted octanol–water partition coefficient (Wildman–Crippen LogP) is 5.46. The molecule has 43 heavy (non-hydrogen) atoms. The summed E-state index contributed by atoms with van der Waals surface area (Å²) in [7, 11) is 0. The highest BCUT2D eigenvalue weighted by molar-refractivity contribution is 5.82. The second-order valence-corrected chi connectivity index (χ2v) is 10.9. The lowest BCUT2D eigenvalue weighted by atomic mass is 9.89. The average molecular weight is 576 g/mol. The number of hydrogen-bond donors (Lipinski definition) is 2. The van der Waals surface area contributed by atoms with Crippen molar-refractivity contribution in [2.24, 2.45) is 0 Å². The van der Waals surface area contributed by atoms with E-state index in [1.807, 2.05) is 55.5 Å². The van der Waals surface area contributed by atoms with Crippen molar-refractivity contribution in [2.45, 2.75) is 38.2 Å². The summed E-state index contributed by atoms with van der Waals surface area (Å²) in [6.45, 7) is 2.93. The molecule has 1 aliphatic rings. The molecule has 1 atom stereocenters. The number of likely N-dealkylation sites (tertiary alicyclic amines) is 1. The Bertz CT molecular complexity index is 1970. The van der Waals surface area contributed by atoms with Gasteiger partial charge in [0.25, 0.3) is 11.4 Å². The molecule has 2 N–H and O–H groups in total. The van der Waals surface area contributed by atoms with Gasteiger partial charge in [-0.3, -0.25) is 14.9 Å². The number of amides is 1. The van der Waals surface area contributed by atoms with Crippen molar-refractivity contribution in [1.82, 2.24) is 35.2 Å². The number of nitrogens with one attached hydrogen (secondary N) is 2. The fraction of sp³-hybridized carbons (Fsp3) is 0.250. The van der Waals surface area contributed by atoms with Gasteiger partial charge in [0, 0.05) is 53.9 Å². The molecule has 11 nitrogen and oxygen atoms in total. The Hall–Kier alpha value is -5.32. The fourth-order valence-electron chi connectivity index (χ4n) is 5.84. The molecule has 0 spiro atoms. The molecule has 0 saturated carbocycles. The number of nitrogens with zero attached hydrogens (tertiary/aromatic N) is 5. The number of benzene rings is 2. The summed E-state index contributed by atoms with van der Waals surface area (Å²) in [6.07, 6.45) is 5.47. The Morgan fingerprint density at radius 1 is 1.09 bits per heavy atom. The molecule has 0 radical (unpaired) electrons. The normalized spacial score (nSPS) is 14.8. The first-order valence-corrected chi connectivity index (χ1v) is 14.3. The number of aryl methyl sites for hydroxylation is 1. The largest absolute Gasteiger partial charge is 0.436 e. The van der Waals surface area contributed by atoms with Crippen molar-refractivity contribution in [2.75, 3.05) is 13.1 Å². The average Bonchev–Trinajstić information content (AvgIpc) is 3.72. The minimum absolute atomic E-state index is 0.0517. The molecule has 0 aliphatic carbocycles. The van der Waals surface area contributed by atoms with Gasteiger partial charge in [-0.05, 0) is 72.5 Å². The number of H-pyrrole nitrogens is 2. The van der Waals surface area contributed by atoms with Crippen molar-refractivity contribution in [3.63, 3.8) is 0 Å². The molecule has 1 fully saturated rings. The van der Waals surface area contributed by atoms with Crippen LogP contribution in [0.5, 0.6) is 0 Å². The maximum absolute atomic E-state index is 13.5. The van der Waals surface area contributed by atoms with Crippen LogP contribution in [-0.2, 0) is 11.2 Å². The monoisotopic (exact) mass is 575 g/mol. The van der Waals surface area contributed by atoms with E-state index in [9.17, 15) is 9.59 Å². The van der Waals surface area contributed by atoms with Crippen LogP contribution in [0.25, 0.3) is 33.2 Å². The summed E-state index contributed by atoms with van der Waals surface area (Å²) in [4.78, 5) is 39.7. The van der Waals surface area contributed by atoms with Crippen LogP contribution in [0.4, 0.5) is 4.79 Å². The van der Waals surface area contributed by atoms with Crippen molar-refractivity contribution in [3.8, 4) is 11.4 Å². The molecule has 11 heteroatoms. The molecule has 216 valence electrons. The molecule has 0 bridgehead atoms. The maximum Gasteiger partial charge on any atom is 0.410 e. The lowest BCUT2D eigenvalue weighted by Gasteiger charge is -2.32. The van der Waals surface area contributed by atoms with Gasteiger partial charge in [-0.25, -0.2) is 4.79 Å². The van der Waals surface area contributed by atoms with Gasteiger partial charge < -0.3 is 19.1 Å². The number of rotatable bonds is 6. The van der Waals surface area contributed by atoms with Gasteiger partial charge in [0.2, 0.25) is 5.82 Å². The van der Waals surface area contributed by atoms with Crippen LogP contribution in [0.3, 0.4) is 0 Å². The second-order valence-electron chi connectivity index (χ2n) is 10.9. The number of fused-ring (bicyclic) bond motifs is 2. The van der Waals surface area contributed by atoms with E-state index in [-0.39, 0.29) is 17.4 Å². The SMILES string of the molecule is Cc1cc(C[C@@H](OC(=O)N2CCC(c3cc4ccccc4[nH]c3=O)CC2)c2nc(-c3cccnc3)no2)cc2cn[nH]c12. The van der Waals surface area contributed by atoms with E-state index in [1.165, 1.54) is 0 Å². The van der Waals surface area contributed by atoms with E-state index in [0.29, 0.717) is 43.7 Å². The second kappa shape index (κ2) is 11.2. The first-order chi connectivity index (χ1) is 21.0. The quantitative estimate of drug-likeness (QED) is 0.267. The third kappa shape index (κ3) is 5.36. The first kappa shape index (κ1) is 26.6. The van der Waals surface area contributed by atoms with Crippen LogP contribution in [0.2, 0.25) is 0 Å². The molecule has 7 rings (SSSR count). The minimum atomic E-state index is -0.810. The van der Waals surface area contributed by atoms with Gasteiger partial charge in [0.05, 0.1) is 11.7 Å². The molecule has 6 aromatic rings. The van der Waals surface area contributed by atoms with Gasteiger partial charge in [-0.15, -0.1) is 0 Å². The molecule has 1 amide bonds. The first-order valence-electron chi connectivity index (χ1n) is 14.3. The van der Waals surface area contributed by atoms with Crippen LogP contribution < -0.4 is 5.56 Å². The van der Waals surface area contributed by atoms with Crippen LogP contribution in [-0.4, -0.2) is 54.4 Å². The van der Waals surface area contributed by atoms with E-state index < -0.39 is 12.2 Å². The number of carbonyl (C=O) groups excluding carboxylic acids is 1. The lowest BCUT2D eigenvalue weighted by molar-refractivity contribution is 0.0416. The van der Waals surface area contributed by atoms with E-state index in [2.05, 4.69) is 30.3 Å². The standard InChI is InChI=1S/C32H29N7O4/c1-19-13-20(14-24-18-34-37-28(19)24)15-27(31-36-29(38-43-31)23-6-4-10-33-17-23)42-32(41)39-11-8-21(9-12-39)25-16-22-5-2-3-7-26(22)35-30(25)40/h2-7,10,13-14,16-18,21,27H,8-9,11-12,15H2,1H3,(H,34,37)(H,35,40)/t27-/m1/s1. The molecule has 0 unspecified atom stereocenters.